The van der Waals surface area contributed by atoms with E-state index in [2.05, 4.69) is 17.9 Å². The summed E-state index contributed by atoms with van der Waals surface area (Å²) in [4.78, 5) is 15.6. The molecule has 4 nitrogen and oxygen atoms in total. The summed E-state index contributed by atoms with van der Waals surface area (Å²) in [5.74, 6) is 0.170. The van der Waals surface area contributed by atoms with Crippen molar-refractivity contribution < 1.29 is 4.79 Å². The molecule has 0 spiro atoms. The first-order chi connectivity index (χ1) is 7.19. The Kier molecular flexibility index (Phi) is 4.57. The summed E-state index contributed by atoms with van der Waals surface area (Å²) in [7, 11) is 1.84. The predicted octanol–water partition coefficient (Wildman–Crippen LogP) is 0.843. The Balaban J connectivity index is 2.60. The molecular formula is C11H19N3O. The average Bonchev–Trinajstić information content (AvgIpc) is 2.38. The van der Waals surface area contributed by atoms with Gasteiger partial charge in [-0.3, -0.25) is 9.69 Å². The molecule has 1 amide bonds. The maximum Gasteiger partial charge on any atom is 0.236 e. The number of nitriles is 1. The van der Waals surface area contributed by atoms with Crippen LogP contribution in [0.5, 0.6) is 0 Å². The molecule has 4 heteroatoms. The van der Waals surface area contributed by atoms with Gasteiger partial charge >= 0.3 is 0 Å². The summed E-state index contributed by atoms with van der Waals surface area (Å²) < 4.78 is 0. The lowest BCUT2D eigenvalue weighted by Gasteiger charge is -2.27. The van der Waals surface area contributed by atoms with Crippen molar-refractivity contribution in [2.24, 2.45) is 0 Å². The highest BCUT2D eigenvalue weighted by Crippen LogP contribution is 2.12. The van der Waals surface area contributed by atoms with E-state index in [-0.39, 0.29) is 11.9 Å². The lowest BCUT2D eigenvalue weighted by atomic mass is 10.1. The van der Waals surface area contributed by atoms with Gasteiger partial charge in [0.25, 0.3) is 0 Å². The minimum atomic E-state index is 0.170. The van der Waals surface area contributed by atoms with Gasteiger partial charge in [0.15, 0.2) is 0 Å². The maximum atomic E-state index is 11.7. The first-order valence-electron chi connectivity index (χ1n) is 5.54. The molecule has 0 aliphatic carbocycles. The molecule has 1 heterocycles. The first-order valence-corrected chi connectivity index (χ1v) is 5.54. The molecule has 1 fully saturated rings. The maximum absolute atomic E-state index is 11.7. The third-order valence-electron chi connectivity index (χ3n) is 3.02. The monoisotopic (exact) mass is 209 g/mol. The van der Waals surface area contributed by atoms with Crippen molar-refractivity contribution >= 4 is 5.91 Å². The van der Waals surface area contributed by atoms with E-state index in [9.17, 15) is 4.79 Å². The Morgan fingerprint density at radius 2 is 2.27 bits per heavy atom. The van der Waals surface area contributed by atoms with Crippen molar-refractivity contribution in [3.05, 3.63) is 0 Å². The van der Waals surface area contributed by atoms with Crippen LogP contribution in [0.25, 0.3) is 0 Å². The smallest absolute Gasteiger partial charge is 0.236 e. The molecule has 0 saturated carbocycles. The molecule has 1 unspecified atom stereocenters. The highest BCUT2D eigenvalue weighted by Gasteiger charge is 2.23. The van der Waals surface area contributed by atoms with Gasteiger partial charge < -0.3 is 4.90 Å². The molecule has 1 aliphatic heterocycles. The number of nitrogens with zero attached hydrogens (tertiary/aromatic N) is 3. The first kappa shape index (κ1) is 12.0. The van der Waals surface area contributed by atoms with Crippen LogP contribution >= 0.6 is 0 Å². The second-order valence-electron chi connectivity index (χ2n) is 4.06. The van der Waals surface area contributed by atoms with E-state index in [0.29, 0.717) is 13.0 Å². The third-order valence-corrected chi connectivity index (χ3v) is 3.02. The van der Waals surface area contributed by atoms with Crippen LogP contribution in [-0.2, 0) is 4.79 Å². The van der Waals surface area contributed by atoms with Gasteiger partial charge in [0, 0.05) is 26.2 Å². The quantitative estimate of drug-likeness (QED) is 0.692. The summed E-state index contributed by atoms with van der Waals surface area (Å²) in [6.07, 6.45) is 2.46. The van der Waals surface area contributed by atoms with Crippen LogP contribution in [0.3, 0.4) is 0 Å². The van der Waals surface area contributed by atoms with E-state index in [1.807, 2.05) is 7.05 Å². The molecular weight excluding hydrogens is 190 g/mol. The number of amides is 1. The predicted molar refractivity (Wildman–Crippen MR) is 58.1 cm³/mol. The van der Waals surface area contributed by atoms with Crippen LogP contribution in [-0.4, -0.2) is 48.4 Å². The Labute approximate surface area is 91.5 Å². The SMILES string of the molecule is CCC(CC#N)N1CCCN(C)C(=O)C1. The standard InChI is InChI=1S/C11H19N3O/c1-3-10(5-6-12)14-8-4-7-13(2)11(15)9-14/h10H,3-5,7-9H2,1-2H3. The van der Waals surface area contributed by atoms with Gasteiger partial charge in [-0.15, -0.1) is 0 Å². The van der Waals surface area contributed by atoms with E-state index >= 15 is 0 Å². The van der Waals surface area contributed by atoms with Gasteiger partial charge in [0.2, 0.25) is 5.91 Å². The van der Waals surface area contributed by atoms with Crippen molar-refractivity contribution in [2.45, 2.75) is 32.2 Å². The van der Waals surface area contributed by atoms with E-state index in [1.165, 1.54) is 0 Å². The Morgan fingerprint density at radius 1 is 1.53 bits per heavy atom. The summed E-state index contributed by atoms with van der Waals surface area (Å²) >= 11 is 0. The Morgan fingerprint density at radius 3 is 2.87 bits per heavy atom. The second-order valence-corrected chi connectivity index (χ2v) is 4.06. The number of carbonyl (C=O) groups is 1. The molecule has 0 N–H and O–H groups in total. The lowest BCUT2D eigenvalue weighted by molar-refractivity contribution is -0.130. The van der Waals surface area contributed by atoms with Crippen molar-refractivity contribution in [3.8, 4) is 6.07 Å². The van der Waals surface area contributed by atoms with Crippen LogP contribution in [0, 0.1) is 11.3 Å². The highest BCUT2D eigenvalue weighted by atomic mass is 16.2. The topological polar surface area (TPSA) is 47.3 Å². The Bertz CT molecular complexity index is 259. The molecule has 1 rings (SSSR count). The normalized spacial score (nSPS) is 20.9. The fourth-order valence-electron chi connectivity index (χ4n) is 1.96. The van der Waals surface area contributed by atoms with Crippen molar-refractivity contribution in [2.75, 3.05) is 26.7 Å². The number of rotatable bonds is 3. The fourth-order valence-corrected chi connectivity index (χ4v) is 1.96. The van der Waals surface area contributed by atoms with Gasteiger partial charge in [-0.05, 0) is 12.8 Å². The van der Waals surface area contributed by atoms with Gasteiger partial charge in [0.1, 0.15) is 0 Å². The fraction of sp³-hybridized carbons (Fsp3) is 0.818. The van der Waals surface area contributed by atoms with Crippen LogP contribution in [0.2, 0.25) is 0 Å². The van der Waals surface area contributed by atoms with Crippen molar-refractivity contribution in [1.82, 2.24) is 9.80 Å². The van der Waals surface area contributed by atoms with E-state index in [4.69, 9.17) is 5.26 Å². The molecule has 1 atom stereocenters. The summed E-state index contributed by atoms with van der Waals surface area (Å²) in [6.45, 7) is 4.30. The van der Waals surface area contributed by atoms with Crippen molar-refractivity contribution in [3.63, 3.8) is 0 Å². The second kappa shape index (κ2) is 5.72. The number of carbonyl (C=O) groups excluding carboxylic acids is 1. The summed E-state index contributed by atoms with van der Waals surface area (Å²) in [5, 5.41) is 8.71. The molecule has 15 heavy (non-hydrogen) atoms. The number of likely N-dealkylation sites (N-methyl/N-ethyl adjacent to an activating group) is 1. The largest absolute Gasteiger partial charge is 0.345 e. The number of hydrogen-bond donors (Lipinski definition) is 0. The minimum Gasteiger partial charge on any atom is -0.345 e. The van der Waals surface area contributed by atoms with Gasteiger partial charge in [-0.2, -0.15) is 5.26 Å². The summed E-state index contributed by atoms with van der Waals surface area (Å²) in [5.41, 5.74) is 0. The van der Waals surface area contributed by atoms with Crippen LogP contribution in [0.4, 0.5) is 0 Å². The van der Waals surface area contributed by atoms with Crippen LogP contribution in [0.1, 0.15) is 26.2 Å². The van der Waals surface area contributed by atoms with Crippen LogP contribution < -0.4 is 0 Å². The highest BCUT2D eigenvalue weighted by molar-refractivity contribution is 5.78. The molecule has 84 valence electrons. The van der Waals surface area contributed by atoms with E-state index in [0.717, 1.165) is 25.9 Å². The molecule has 1 aliphatic rings. The zero-order valence-corrected chi connectivity index (χ0v) is 9.57. The average molecular weight is 209 g/mol. The lowest BCUT2D eigenvalue weighted by Crippen LogP contribution is -2.40. The molecule has 0 radical (unpaired) electrons. The van der Waals surface area contributed by atoms with Gasteiger partial charge in [-0.25, -0.2) is 0 Å². The molecule has 0 aromatic heterocycles. The van der Waals surface area contributed by atoms with Gasteiger partial charge in [0.05, 0.1) is 19.0 Å². The molecule has 0 aromatic rings. The third kappa shape index (κ3) is 3.21. The molecule has 0 aromatic carbocycles. The van der Waals surface area contributed by atoms with Crippen molar-refractivity contribution in [1.29, 1.82) is 5.26 Å². The molecule has 1 saturated heterocycles. The zero-order valence-electron chi connectivity index (χ0n) is 9.57. The van der Waals surface area contributed by atoms with E-state index in [1.54, 1.807) is 4.90 Å². The van der Waals surface area contributed by atoms with E-state index < -0.39 is 0 Å². The number of hydrogen-bond acceptors (Lipinski definition) is 3. The zero-order chi connectivity index (χ0) is 11.3. The summed E-state index contributed by atoms with van der Waals surface area (Å²) in [6, 6.07) is 2.44. The van der Waals surface area contributed by atoms with Crippen LogP contribution in [0.15, 0.2) is 0 Å². The molecule has 0 bridgehead atoms. The van der Waals surface area contributed by atoms with Gasteiger partial charge in [-0.1, -0.05) is 6.92 Å². The minimum absolute atomic E-state index is 0.170. The Hall–Kier alpha value is -1.08.